The summed E-state index contributed by atoms with van der Waals surface area (Å²) in [7, 11) is 1.57. The molecule has 0 bridgehead atoms. The molecule has 0 spiro atoms. The van der Waals surface area contributed by atoms with Crippen molar-refractivity contribution in [2.75, 3.05) is 25.2 Å². The third-order valence-corrected chi connectivity index (χ3v) is 7.09. The Hall–Kier alpha value is -4.44. The van der Waals surface area contributed by atoms with Crippen LogP contribution >= 0.6 is 11.3 Å². The van der Waals surface area contributed by atoms with Crippen LogP contribution < -0.4 is 19.1 Å². The van der Waals surface area contributed by atoms with Crippen molar-refractivity contribution in [1.82, 2.24) is 9.97 Å². The third-order valence-electron chi connectivity index (χ3n) is 6.07. The number of benzene rings is 2. The molecular formula is C26H19N3O6S. The summed E-state index contributed by atoms with van der Waals surface area (Å²) in [6, 6.07) is 12.8. The van der Waals surface area contributed by atoms with Gasteiger partial charge in [0, 0.05) is 18.0 Å². The first kappa shape index (κ1) is 22.1. The molecule has 0 saturated carbocycles. The van der Waals surface area contributed by atoms with Gasteiger partial charge in [0.1, 0.15) is 24.7 Å². The largest absolute Gasteiger partial charge is 0.507 e. The Morgan fingerprint density at radius 2 is 1.83 bits per heavy atom. The zero-order chi connectivity index (χ0) is 24.8. The van der Waals surface area contributed by atoms with Crippen LogP contribution in [0.4, 0.5) is 5.13 Å². The van der Waals surface area contributed by atoms with Crippen LogP contribution in [0.25, 0.3) is 16.0 Å². The van der Waals surface area contributed by atoms with Gasteiger partial charge in [-0.3, -0.25) is 19.5 Å². The zero-order valence-electron chi connectivity index (χ0n) is 19.0. The van der Waals surface area contributed by atoms with Gasteiger partial charge in [-0.2, -0.15) is 0 Å². The van der Waals surface area contributed by atoms with Crippen LogP contribution in [0.5, 0.6) is 17.2 Å². The summed E-state index contributed by atoms with van der Waals surface area (Å²) in [5.74, 6) is -0.224. The summed E-state index contributed by atoms with van der Waals surface area (Å²) in [6.07, 6.45) is 3.14. The van der Waals surface area contributed by atoms with Crippen molar-refractivity contribution in [1.29, 1.82) is 0 Å². The van der Waals surface area contributed by atoms with Crippen LogP contribution in [0, 0.1) is 0 Å². The molecule has 4 heterocycles. The van der Waals surface area contributed by atoms with Crippen LogP contribution in [-0.2, 0) is 9.59 Å². The summed E-state index contributed by atoms with van der Waals surface area (Å²) >= 11 is 1.26. The number of aliphatic hydroxyl groups is 1. The SMILES string of the molecule is COc1ccc2nc(N3C(=O)C(=O)C(=C(O)c4ccc5c(c4)OCCO5)C3c3ccncc3)sc2c1. The number of ether oxygens (including phenoxy) is 3. The molecule has 2 aromatic heterocycles. The van der Waals surface area contributed by atoms with Crippen molar-refractivity contribution in [2.45, 2.75) is 6.04 Å². The summed E-state index contributed by atoms with van der Waals surface area (Å²) < 4.78 is 17.3. The average molecular weight is 502 g/mol. The molecule has 1 unspecified atom stereocenters. The van der Waals surface area contributed by atoms with E-state index >= 15 is 0 Å². The number of pyridine rings is 1. The fraction of sp³-hybridized carbons (Fsp3) is 0.154. The molecule has 9 nitrogen and oxygen atoms in total. The lowest BCUT2D eigenvalue weighted by Gasteiger charge is -2.23. The highest BCUT2D eigenvalue weighted by Crippen LogP contribution is 2.45. The fourth-order valence-electron chi connectivity index (χ4n) is 4.36. The van der Waals surface area contributed by atoms with Crippen molar-refractivity contribution < 1.29 is 28.9 Å². The highest BCUT2D eigenvalue weighted by atomic mass is 32.1. The van der Waals surface area contributed by atoms with Gasteiger partial charge in [-0.1, -0.05) is 11.3 Å². The molecule has 0 aliphatic carbocycles. The molecule has 2 aromatic carbocycles. The van der Waals surface area contributed by atoms with Crippen molar-refractivity contribution in [2.24, 2.45) is 0 Å². The molecule has 6 rings (SSSR count). The number of hydrogen-bond donors (Lipinski definition) is 1. The van der Waals surface area contributed by atoms with E-state index in [-0.39, 0.29) is 11.3 Å². The number of carbonyl (C=O) groups excluding carboxylic acids is 2. The second kappa shape index (κ2) is 8.65. The summed E-state index contributed by atoms with van der Waals surface area (Å²) in [6.45, 7) is 0.806. The van der Waals surface area contributed by atoms with Crippen molar-refractivity contribution in [3.63, 3.8) is 0 Å². The molecule has 2 aliphatic heterocycles. The number of anilines is 1. The van der Waals surface area contributed by atoms with Gasteiger partial charge < -0.3 is 19.3 Å². The maximum Gasteiger partial charge on any atom is 0.301 e. The number of ketones is 1. The molecule has 2 aliphatic rings. The Morgan fingerprint density at radius 1 is 1.06 bits per heavy atom. The van der Waals surface area contributed by atoms with Crippen molar-refractivity contribution in [3.8, 4) is 17.2 Å². The molecule has 1 N–H and O–H groups in total. The van der Waals surface area contributed by atoms with Gasteiger partial charge >= 0.3 is 5.91 Å². The lowest BCUT2D eigenvalue weighted by Crippen LogP contribution is -2.29. The molecule has 0 radical (unpaired) electrons. The average Bonchev–Trinajstić information content (AvgIpc) is 3.46. The number of thiazole rings is 1. The predicted octanol–water partition coefficient (Wildman–Crippen LogP) is 4.10. The maximum absolute atomic E-state index is 13.4. The van der Waals surface area contributed by atoms with E-state index in [1.54, 1.807) is 62.0 Å². The van der Waals surface area contributed by atoms with Gasteiger partial charge in [0.15, 0.2) is 16.6 Å². The number of aliphatic hydroxyl groups excluding tert-OH is 1. The van der Waals surface area contributed by atoms with Crippen LogP contribution in [-0.4, -0.2) is 47.1 Å². The molecule has 1 fully saturated rings. The van der Waals surface area contributed by atoms with Crippen molar-refractivity contribution >= 4 is 44.1 Å². The van der Waals surface area contributed by atoms with E-state index in [2.05, 4.69) is 9.97 Å². The Morgan fingerprint density at radius 3 is 2.61 bits per heavy atom. The fourth-order valence-corrected chi connectivity index (χ4v) is 5.38. The standard InChI is InChI=1S/C26H19N3O6S/c1-33-16-3-4-17-20(13-16)36-26(28-17)29-22(14-6-8-27-9-7-14)21(24(31)25(29)32)23(30)15-2-5-18-19(12-15)35-11-10-34-18/h2-9,12-13,22,30H,10-11H2,1H3. The van der Waals surface area contributed by atoms with E-state index < -0.39 is 17.7 Å². The van der Waals surface area contributed by atoms with Gasteiger partial charge in [-0.05, 0) is 54.1 Å². The number of nitrogens with zero attached hydrogens (tertiary/aromatic N) is 3. The topological polar surface area (TPSA) is 111 Å². The molecule has 1 amide bonds. The zero-order valence-corrected chi connectivity index (χ0v) is 19.8. The molecule has 1 atom stereocenters. The minimum atomic E-state index is -0.899. The Bertz CT molecular complexity index is 1550. The van der Waals surface area contributed by atoms with Gasteiger partial charge in [0.05, 0.1) is 28.9 Å². The van der Waals surface area contributed by atoms with Crippen LogP contribution in [0.1, 0.15) is 17.2 Å². The number of aromatic nitrogens is 2. The lowest BCUT2D eigenvalue weighted by molar-refractivity contribution is -0.132. The van der Waals surface area contributed by atoms with Gasteiger partial charge in [-0.15, -0.1) is 0 Å². The number of rotatable bonds is 4. The first-order chi connectivity index (χ1) is 17.5. The first-order valence-corrected chi connectivity index (χ1v) is 11.9. The van der Waals surface area contributed by atoms with E-state index in [9.17, 15) is 14.7 Å². The highest BCUT2D eigenvalue weighted by molar-refractivity contribution is 7.22. The first-order valence-electron chi connectivity index (χ1n) is 11.1. The van der Waals surface area contributed by atoms with Gasteiger partial charge in [0.25, 0.3) is 5.78 Å². The maximum atomic E-state index is 13.4. The third kappa shape index (κ3) is 3.54. The normalized spacial score (nSPS) is 18.6. The minimum absolute atomic E-state index is 0.0419. The summed E-state index contributed by atoms with van der Waals surface area (Å²) in [4.78, 5) is 36.8. The molecule has 1 saturated heterocycles. The molecule has 180 valence electrons. The number of methoxy groups -OCH3 is 1. The molecule has 4 aromatic rings. The molecular weight excluding hydrogens is 482 g/mol. The smallest absolute Gasteiger partial charge is 0.301 e. The molecule has 10 heteroatoms. The number of amides is 1. The minimum Gasteiger partial charge on any atom is -0.507 e. The number of hydrogen-bond acceptors (Lipinski definition) is 9. The predicted molar refractivity (Wildman–Crippen MR) is 133 cm³/mol. The molecule has 36 heavy (non-hydrogen) atoms. The summed E-state index contributed by atoms with van der Waals surface area (Å²) in [5, 5.41) is 11.7. The Balaban J connectivity index is 1.52. The summed E-state index contributed by atoms with van der Waals surface area (Å²) in [5.41, 5.74) is 1.57. The van der Waals surface area contributed by atoms with E-state index in [0.29, 0.717) is 52.2 Å². The van der Waals surface area contributed by atoms with Crippen LogP contribution in [0.15, 0.2) is 66.5 Å². The van der Waals surface area contributed by atoms with Gasteiger partial charge in [0.2, 0.25) is 0 Å². The van der Waals surface area contributed by atoms with E-state index in [0.717, 1.165) is 4.70 Å². The van der Waals surface area contributed by atoms with Crippen molar-refractivity contribution in [3.05, 3.63) is 77.6 Å². The monoisotopic (exact) mass is 501 g/mol. The van der Waals surface area contributed by atoms with E-state index in [4.69, 9.17) is 14.2 Å². The highest BCUT2D eigenvalue weighted by Gasteiger charge is 2.48. The van der Waals surface area contributed by atoms with Crippen LogP contribution in [0.2, 0.25) is 0 Å². The number of carbonyl (C=O) groups is 2. The number of Topliss-reactive ketones (excluding diaryl/α,β-unsaturated/α-hetero) is 1. The van der Waals surface area contributed by atoms with E-state index in [1.807, 2.05) is 6.07 Å². The van der Waals surface area contributed by atoms with Gasteiger partial charge in [-0.25, -0.2) is 4.98 Å². The Labute approximate surface area is 209 Å². The van der Waals surface area contributed by atoms with E-state index in [1.165, 1.54) is 16.2 Å². The lowest BCUT2D eigenvalue weighted by atomic mass is 9.96. The quantitative estimate of drug-likeness (QED) is 0.253. The number of fused-ring (bicyclic) bond motifs is 2. The second-order valence-corrected chi connectivity index (χ2v) is 9.15. The second-order valence-electron chi connectivity index (χ2n) is 8.14. The Kier molecular flexibility index (Phi) is 5.30. The van der Waals surface area contributed by atoms with Crippen LogP contribution in [0.3, 0.4) is 0 Å².